The fourth-order valence-corrected chi connectivity index (χ4v) is 1.09. The molecule has 0 aliphatic carbocycles. The van der Waals surface area contributed by atoms with Crippen LogP contribution in [0, 0.1) is 6.92 Å². The summed E-state index contributed by atoms with van der Waals surface area (Å²) in [5, 5.41) is 0. The Bertz CT molecular complexity index is 408. The maximum atomic E-state index is 4.97. The molecule has 0 bridgehead atoms. The van der Waals surface area contributed by atoms with Crippen molar-refractivity contribution in [1.82, 2.24) is 14.4 Å². The molecule has 0 N–H and O–H groups in total. The molecule has 4 heteroatoms. The second-order valence-corrected chi connectivity index (χ2v) is 2.56. The maximum absolute atomic E-state index is 4.97. The Hall–Kier alpha value is -1.58. The smallest absolute Gasteiger partial charge is 0.237 e. The molecule has 2 aromatic rings. The molecular formula is C8H9N3O. The molecule has 0 aliphatic rings. The molecular weight excluding hydrogens is 154 g/mol. The van der Waals surface area contributed by atoms with Gasteiger partial charge < -0.3 is 4.74 Å². The highest BCUT2D eigenvalue weighted by atomic mass is 16.5. The molecule has 0 saturated carbocycles. The zero-order valence-electron chi connectivity index (χ0n) is 6.98. The van der Waals surface area contributed by atoms with E-state index in [1.165, 1.54) is 0 Å². The van der Waals surface area contributed by atoms with Gasteiger partial charge in [-0.25, -0.2) is 4.98 Å². The van der Waals surface area contributed by atoms with Crippen LogP contribution in [0.2, 0.25) is 0 Å². The minimum absolute atomic E-state index is 0.591. The van der Waals surface area contributed by atoms with Crippen molar-refractivity contribution in [3.05, 3.63) is 24.2 Å². The third-order valence-corrected chi connectivity index (χ3v) is 1.63. The van der Waals surface area contributed by atoms with Crippen LogP contribution in [-0.2, 0) is 0 Å². The molecule has 0 fully saturated rings. The third kappa shape index (κ3) is 1.01. The topological polar surface area (TPSA) is 39.4 Å². The summed E-state index contributed by atoms with van der Waals surface area (Å²) in [6.07, 6.45) is 3.79. The van der Waals surface area contributed by atoms with Gasteiger partial charge in [-0.3, -0.25) is 4.40 Å². The van der Waals surface area contributed by atoms with Gasteiger partial charge in [0.1, 0.15) is 0 Å². The first-order valence-corrected chi connectivity index (χ1v) is 3.66. The van der Waals surface area contributed by atoms with E-state index in [2.05, 4.69) is 9.97 Å². The van der Waals surface area contributed by atoms with Crippen molar-refractivity contribution in [2.45, 2.75) is 6.92 Å². The molecule has 2 aromatic heterocycles. The number of ether oxygens (including phenoxy) is 1. The van der Waals surface area contributed by atoms with E-state index in [4.69, 9.17) is 4.74 Å². The SMILES string of the molecule is COc1ccn2cc(C)nc2n1. The normalized spacial score (nSPS) is 10.5. The molecule has 0 spiro atoms. The number of methoxy groups -OCH3 is 1. The number of hydrogen-bond donors (Lipinski definition) is 0. The lowest BCUT2D eigenvalue weighted by molar-refractivity contribution is 0.398. The first-order chi connectivity index (χ1) is 5.79. The molecule has 0 saturated heterocycles. The summed E-state index contributed by atoms with van der Waals surface area (Å²) < 4.78 is 6.83. The average molecular weight is 163 g/mol. The van der Waals surface area contributed by atoms with Gasteiger partial charge in [-0.2, -0.15) is 4.98 Å². The summed E-state index contributed by atoms with van der Waals surface area (Å²) in [6.45, 7) is 1.93. The molecule has 0 atom stereocenters. The van der Waals surface area contributed by atoms with Crippen LogP contribution >= 0.6 is 0 Å². The maximum Gasteiger partial charge on any atom is 0.237 e. The van der Waals surface area contributed by atoms with Crippen LogP contribution in [0.25, 0.3) is 5.78 Å². The van der Waals surface area contributed by atoms with Gasteiger partial charge in [0.25, 0.3) is 0 Å². The van der Waals surface area contributed by atoms with Gasteiger partial charge in [0.2, 0.25) is 11.7 Å². The lowest BCUT2D eigenvalue weighted by Crippen LogP contribution is -1.91. The van der Waals surface area contributed by atoms with E-state index in [9.17, 15) is 0 Å². The van der Waals surface area contributed by atoms with Gasteiger partial charge in [0.05, 0.1) is 12.8 Å². The zero-order chi connectivity index (χ0) is 8.55. The van der Waals surface area contributed by atoms with E-state index in [1.807, 2.05) is 23.7 Å². The molecule has 0 aromatic carbocycles. The van der Waals surface area contributed by atoms with E-state index in [0.29, 0.717) is 11.7 Å². The van der Waals surface area contributed by atoms with Crippen LogP contribution in [0.3, 0.4) is 0 Å². The monoisotopic (exact) mass is 163 g/mol. The Balaban J connectivity index is 2.66. The highest BCUT2D eigenvalue weighted by Gasteiger charge is 1.99. The average Bonchev–Trinajstić information content (AvgIpc) is 2.43. The van der Waals surface area contributed by atoms with E-state index in [-0.39, 0.29) is 0 Å². The largest absolute Gasteiger partial charge is 0.481 e. The van der Waals surface area contributed by atoms with E-state index >= 15 is 0 Å². The number of aromatic nitrogens is 3. The standard InChI is InChI=1S/C8H9N3O/c1-6-5-11-4-3-7(12-2)10-8(11)9-6/h3-5H,1-2H3. The van der Waals surface area contributed by atoms with Crippen LogP contribution in [-0.4, -0.2) is 21.5 Å². The molecule has 0 radical (unpaired) electrons. The molecule has 12 heavy (non-hydrogen) atoms. The highest BCUT2D eigenvalue weighted by Crippen LogP contribution is 2.07. The van der Waals surface area contributed by atoms with Gasteiger partial charge >= 0.3 is 0 Å². The molecule has 0 unspecified atom stereocenters. The van der Waals surface area contributed by atoms with Gasteiger partial charge in [-0.05, 0) is 6.92 Å². The number of rotatable bonds is 1. The van der Waals surface area contributed by atoms with Gasteiger partial charge in [0.15, 0.2) is 0 Å². The minimum Gasteiger partial charge on any atom is -0.481 e. The van der Waals surface area contributed by atoms with Crippen LogP contribution in [0.4, 0.5) is 0 Å². The number of fused-ring (bicyclic) bond motifs is 1. The second-order valence-electron chi connectivity index (χ2n) is 2.56. The molecule has 0 amide bonds. The van der Waals surface area contributed by atoms with E-state index in [0.717, 1.165) is 5.69 Å². The van der Waals surface area contributed by atoms with Gasteiger partial charge in [-0.15, -0.1) is 0 Å². The van der Waals surface area contributed by atoms with Crippen molar-refractivity contribution in [3.8, 4) is 5.88 Å². The molecule has 4 nitrogen and oxygen atoms in total. The highest BCUT2D eigenvalue weighted by molar-refractivity contribution is 5.33. The summed E-state index contributed by atoms with van der Waals surface area (Å²) in [4.78, 5) is 8.34. The summed E-state index contributed by atoms with van der Waals surface area (Å²) in [5.74, 6) is 1.26. The van der Waals surface area contributed by atoms with Crippen molar-refractivity contribution < 1.29 is 4.74 Å². The first-order valence-electron chi connectivity index (χ1n) is 3.66. The van der Waals surface area contributed by atoms with Crippen LogP contribution in [0.5, 0.6) is 5.88 Å². The summed E-state index contributed by atoms with van der Waals surface area (Å²) >= 11 is 0. The van der Waals surface area contributed by atoms with Crippen LogP contribution in [0.1, 0.15) is 5.69 Å². The molecule has 2 heterocycles. The van der Waals surface area contributed by atoms with Crippen molar-refractivity contribution in [1.29, 1.82) is 0 Å². The Morgan fingerprint density at radius 2 is 2.25 bits per heavy atom. The molecule has 62 valence electrons. The molecule has 0 aliphatic heterocycles. The Kier molecular flexibility index (Phi) is 1.46. The Morgan fingerprint density at radius 3 is 3.00 bits per heavy atom. The van der Waals surface area contributed by atoms with E-state index in [1.54, 1.807) is 13.2 Å². The predicted molar refractivity (Wildman–Crippen MR) is 44.3 cm³/mol. The van der Waals surface area contributed by atoms with Gasteiger partial charge in [-0.1, -0.05) is 0 Å². The van der Waals surface area contributed by atoms with Crippen LogP contribution < -0.4 is 4.74 Å². The van der Waals surface area contributed by atoms with E-state index < -0.39 is 0 Å². The first kappa shape index (κ1) is 7.09. The van der Waals surface area contributed by atoms with Crippen molar-refractivity contribution in [3.63, 3.8) is 0 Å². The fraction of sp³-hybridized carbons (Fsp3) is 0.250. The molecule has 2 rings (SSSR count). The second kappa shape index (κ2) is 2.48. The fourth-order valence-electron chi connectivity index (χ4n) is 1.09. The number of nitrogens with zero attached hydrogens (tertiary/aromatic N) is 3. The number of hydrogen-bond acceptors (Lipinski definition) is 3. The number of aryl methyl sites for hydroxylation is 1. The minimum atomic E-state index is 0.591. The third-order valence-electron chi connectivity index (χ3n) is 1.63. The van der Waals surface area contributed by atoms with Crippen molar-refractivity contribution in [2.24, 2.45) is 0 Å². The quantitative estimate of drug-likeness (QED) is 0.630. The summed E-state index contributed by atoms with van der Waals surface area (Å²) in [6, 6.07) is 1.80. The lowest BCUT2D eigenvalue weighted by atomic mass is 10.6. The summed E-state index contributed by atoms with van der Waals surface area (Å²) in [7, 11) is 1.59. The predicted octanol–water partition coefficient (Wildman–Crippen LogP) is 1.05. The summed E-state index contributed by atoms with van der Waals surface area (Å²) in [5.41, 5.74) is 0.954. The van der Waals surface area contributed by atoms with Crippen LogP contribution in [0.15, 0.2) is 18.5 Å². The zero-order valence-corrected chi connectivity index (χ0v) is 6.98. The Morgan fingerprint density at radius 1 is 1.42 bits per heavy atom. The Labute approximate surface area is 69.8 Å². The van der Waals surface area contributed by atoms with Crippen molar-refractivity contribution in [2.75, 3.05) is 7.11 Å². The van der Waals surface area contributed by atoms with Gasteiger partial charge in [0, 0.05) is 18.5 Å². The van der Waals surface area contributed by atoms with Crippen molar-refractivity contribution >= 4 is 5.78 Å². The lowest BCUT2D eigenvalue weighted by Gasteiger charge is -1.96. The number of imidazole rings is 1.